The normalized spacial score (nSPS) is 10.7. The first-order valence-corrected chi connectivity index (χ1v) is 9.64. The molecule has 0 fully saturated rings. The van der Waals surface area contributed by atoms with Gasteiger partial charge in [-0.2, -0.15) is 0 Å². The first-order valence-electron chi connectivity index (χ1n) is 9.64. The number of carbonyl (C=O) groups excluding carboxylic acids is 1. The van der Waals surface area contributed by atoms with E-state index in [1.807, 2.05) is 37.3 Å². The van der Waals surface area contributed by atoms with Crippen molar-refractivity contribution in [3.05, 3.63) is 99.9 Å². The molecule has 0 unspecified atom stereocenters. The van der Waals surface area contributed by atoms with E-state index in [0.717, 1.165) is 12.0 Å². The third-order valence-electron chi connectivity index (χ3n) is 4.74. The Morgan fingerprint density at radius 1 is 0.967 bits per heavy atom. The first-order chi connectivity index (χ1) is 14.5. The summed E-state index contributed by atoms with van der Waals surface area (Å²) in [5.74, 6) is 0.468. The molecule has 1 aromatic heterocycles. The van der Waals surface area contributed by atoms with E-state index >= 15 is 0 Å². The predicted octanol–water partition coefficient (Wildman–Crippen LogP) is 5.68. The van der Waals surface area contributed by atoms with Gasteiger partial charge in [-0.15, -0.1) is 0 Å². The van der Waals surface area contributed by atoms with Crippen molar-refractivity contribution in [2.24, 2.45) is 0 Å². The van der Waals surface area contributed by atoms with E-state index in [0.29, 0.717) is 28.0 Å². The fourth-order valence-corrected chi connectivity index (χ4v) is 3.08. The van der Waals surface area contributed by atoms with E-state index < -0.39 is 5.97 Å². The van der Waals surface area contributed by atoms with Crippen LogP contribution in [0.2, 0.25) is 0 Å². The Morgan fingerprint density at radius 2 is 1.73 bits per heavy atom. The van der Waals surface area contributed by atoms with Crippen LogP contribution in [0.3, 0.4) is 0 Å². The highest BCUT2D eigenvalue weighted by Crippen LogP contribution is 2.25. The predicted molar refractivity (Wildman–Crippen MR) is 115 cm³/mol. The second-order valence-electron chi connectivity index (χ2n) is 6.95. The quantitative estimate of drug-likeness (QED) is 0.319. The summed E-state index contributed by atoms with van der Waals surface area (Å²) in [5.41, 5.74) is 2.61. The van der Waals surface area contributed by atoms with Gasteiger partial charge in [0.15, 0.2) is 0 Å². The van der Waals surface area contributed by atoms with Gasteiger partial charge in [0.25, 0.3) is 0 Å². The number of aryl methyl sites for hydroxylation is 2. The van der Waals surface area contributed by atoms with Gasteiger partial charge in [0.1, 0.15) is 23.3 Å². The molecule has 5 nitrogen and oxygen atoms in total. The molecule has 0 radical (unpaired) electrons. The molecule has 0 aliphatic heterocycles. The van der Waals surface area contributed by atoms with Crippen LogP contribution in [0.5, 0.6) is 17.2 Å². The molecule has 0 spiro atoms. The minimum Gasteiger partial charge on any atom is -0.460 e. The van der Waals surface area contributed by atoms with Crippen LogP contribution in [0, 0.1) is 6.92 Å². The summed E-state index contributed by atoms with van der Waals surface area (Å²) in [6.45, 7) is 3.97. The fraction of sp³-hybridized carbons (Fsp3) is 0.120. The average molecular weight is 400 g/mol. The van der Waals surface area contributed by atoms with E-state index in [-0.39, 0.29) is 11.2 Å². The summed E-state index contributed by atoms with van der Waals surface area (Å²) in [6, 6.07) is 19.3. The minimum atomic E-state index is -0.476. The van der Waals surface area contributed by atoms with Crippen LogP contribution in [0.15, 0.2) is 82.2 Å². The number of fused-ring (bicyclic) bond motifs is 1. The van der Waals surface area contributed by atoms with Gasteiger partial charge in [0.2, 0.25) is 11.2 Å². The number of hydrogen-bond acceptors (Lipinski definition) is 5. The Morgan fingerprint density at radius 3 is 2.47 bits per heavy atom. The molecule has 0 aliphatic carbocycles. The summed E-state index contributed by atoms with van der Waals surface area (Å²) in [6.07, 6.45) is 2.19. The van der Waals surface area contributed by atoms with Crippen molar-refractivity contribution in [3.63, 3.8) is 0 Å². The molecule has 0 amide bonds. The van der Waals surface area contributed by atoms with Gasteiger partial charge in [0.05, 0.1) is 10.9 Å². The maximum absolute atomic E-state index is 12.8. The summed E-state index contributed by atoms with van der Waals surface area (Å²) < 4.78 is 16.7. The van der Waals surface area contributed by atoms with Crippen molar-refractivity contribution in [2.45, 2.75) is 20.3 Å². The second-order valence-corrected chi connectivity index (χ2v) is 6.95. The Bertz CT molecular complexity index is 1270. The Labute approximate surface area is 173 Å². The molecule has 0 N–H and O–H groups in total. The molecule has 0 atom stereocenters. The Hall–Kier alpha value is -3.86. The lowest BCUT2D eigenvalue weighted by Crippen LogP contribution is -2.09. The van der Waals surface area contributed by atoms with Crippen molar-refractivity contribution in [3.8, 4) is 17.2 Å². The monoisotopic (exact) mass is 400 g/mol. The zero-order chi connectivity index (χ0) is 21.1. The van der Waals surface area contributed by atoms with Crippen molar-refractivity contribution < 1.29 is 18.7 Å². The highest BCUT2D eigenvalue weighted by molar-refractivity contribution is 5.91. The second kappa shape index (κ2) is 8.25. The van der Waals surface area contributed by atoms with Crippen LogP contribution in [-0.4, -0.2) is 5.97 Å². The summed E-state index contributed by atoms with van der Waals surface area (Å²) in [7, 11) is 0. The maximum atomic E-state index is 12.8. The smallest absolute Gasteiger partial charge is 0.343 e. The van der Waals surface area contributed by atoms with Crippen molar-refractivity contribution in [1.29, 1.82) is 0 Å². The van der Waals surface area contributed by atoms with Crippen LogP contribution in [0.1, 0.15) is 28.4 Å². The fourth-order valence-electron chi connectivity index (χ4n) is 3.08. The van der Waals surface area contributed by atoms with Crippen LogP contribution in [-0.2, 0) is 6.42 Å². The molecule has 0 saturated heterocycles. The number of carbonyl (C=O) groups is 1. The lowest BCUT2D eigenvalue weighted by atomic mass is 10.1. The average Bonchev–Trinajstić information content (AvgIpc) is 2.76. The number of hydrogen-bond donors (Lipinski definition) is 0. The van der Waals surface area contributed by atoms with Gasteiger partial charge in [-0.25, -0.2) is 4.79 Å². The van der Waals surface area contributed by atoms with Gasteiger partial charge < -0.3 is 13.9 Å². The zero-order valence-electron chi connectivity index (χ0n) is 16.7. The first kappa shape index (κ1) is 19.5. The van der Waals surface area contributed by atoms with Crippen molar-refractivity contribution in [2.75, 3.05) is 0 Å². The molecule has 4 rings (SSSR count). The van der Waals surface area contributed by atoms with Crippen molar-refractivity contribution in [1.82, 2.24) is 0 Å². The van der Waals surface area contributed by atoms with Gasteiger partial charge in [-0.05, 0) is 55.3 Å². The largest absolute Gasteiger partial charge is 0.460 e. The molecular formula is C25H20O5. The van der Waals surface area contributed by atoms with Gasteiger partial charge in [0, 0.05) is 6.07 Å². The number of rotatable bonds is 5. The lowest BCUT2D eigenvalue weighted by molar-refractivity contribution is 0.0735. The molecule has 4 aromatic rings. The topological polar surface area (TPSA) is 65.7 Å². The van der Waals surface area contributed by atoms with E-state index in [4.69, 9.17) is 13.9 Å². The number of ether oxygens (including phenoxy) is 2. The molecule has 30 heavy (non-hydrogen) atoms. The van der Waals surface area contributed by atoms with E-state index in [2.05, 4.69) is 6.92 Å². The standard InChI is InChI=1S/C25H20O5/c1-3-17-7-9-19(10-8-17)29-23-15-28-22-14-20(11-12-21(22)24(23)26)30-25(27)18-6-4-5-16(2)13-18/h4-15H,3H2,1-2H3. The lowest BCUT2D eigenvalue weighted by Gasteiger charge is -2.08. The number of esters is 1. The molecule has 0 bridgehead atoms. The third-order valence-corrected chi connectivity index (χ3v) is 4.74. The van der Waals surface area contributed by atoms with Gasteiger partial charge >= 0.3 is 5.97 Å². The Balaban J connectivity index is 1.57. The Kier molecular flexibility index (Phi) is 5.35. The third kappa shape index (κ3) is 4.10. The SMILES string of the molecule is CCc1ccc(Oc2coc3cc(OC(=O)c4cccc(C)c4)ccc3c2=O)cc1. The molecule has 150 valence electrons. The van der Waals surface area contributed by atoms with E-state index in [1.54, 1.807) is 30.3 Å². The van der Waals surface area contributed by atoms with Gasteiger partial charge in [-0.1, -0.05) is 36.8 Å². The van der Waals surface area contributed by atoms with Gasteiger partial charge in [-0.3, -0.25) is 4.79 Å². The zero-order valence-corrected chi connectivity index (χ0v) is 16.7. The van der Waals surface area contributed by atoms with Crippen molar-refractivity contribution >= 4 is 16.9 Å². The van der Waals surface area contributed by atoms with Crippen LogP contribution in [0.4, 0.5) is 0 Å². The summed E-state index contributed by atoms with van der Waals surface area (Å²) in [5, 5.41) is 0.341. The molecule has 0 saturated carbocycles. The summed E-state index contributed by atoms with van der Waals surface area (Å²) in [4.78, 5) is 25.1. The molecular weight excluding hydrogens is 380 g/mol. The van der Waals surface area contributed by atoms with Crippen LogP contribution >= 0.6 is 0 Å². The van der Waals surface area contributed by atoms with Crippen LogP contribution in [0.25, 0.3) is 11.0 Å². The maximum Gasteiger partial charge on any atom is 0.343 e. The highest BCUT2D eigenvalue weighted by atomic mass is 16.5. The molecule has 3 aromatic carbocycles. The van der Waals surface area contributed by atoms with Crippen LogP contribution < -0.4 is 14.9 Å². The minimum absolute atomic E-state index is 0.0938. The summed E-state index contributed by atoms with van der Waals surface area (Å²) >= 11 is 0. The number of benzene rings is 3. The van der Waals surface area contributed by atoms with E-state index in [9.17, 15) is 9.59 Å². The molecule has 1 heterocycles. The molecule has 5 heteroatoms. The molecule has 0 aliphatic rings. The van der Waals surface area contributed by atoms with E-state index in [1.165, 1.54) is 17.9 Å². The highest BCUT2D eigenvalue weighted by Gasteiger charge is 2.13.